The first-order valence-corrected chi connectivity index (χ1v) is 4.82. The molecule has 0 spiro atoms. The standard InChI is InChI=1S/C12H13NO/c1-3-9-4-5-11-10(6-9)8(2)12(7-14)13-11/h4-7,13H,3H2,1-2H3. The highest BCUT2D eigenvalue weighted by atomic mass is 16.1. The average Bonchev–Trinajstić information content (AvgIpc) is 2.55. The summed E-state index contributed by atoms with van der Waals surface area (Å²) in [6, 6.07) is 6.27. The van der Waals surface area contributed by atoms with Crippen LogP contribution >= 0.6 is 0 Å². The van der Waals surface area contributed by atoms with Gasteiger partial charge in [-0.2, -0.15) is 0 Å². The highest BCUT2D eigenvalue weighted by Gasteiger charge is 2.06. The van der Waals surface area contributed by atoms with Gasteiger partial charge in [0.1, 0.15) is 0 Å². The topological polar surface area (TPSA) is 32.9 Å². The van der Waals surface area contributed by atoms with Gasteiger partial charge in [0.25, 0.3) is 0 Å². The molecule has 2 aromatic rings. The van der Waals surface area contributed by atoms with Crippen LogP contribution in [0.2, 0.25) is 0 Å². The van der Waals surface area contributed by atoms with Gasteiger partial charge in [-0.25, -0.2) is 0 Å². The molecular formula is C12H13NO. The van der Waals surface area contributed by atoms with Crippen molar-refractivity contribution in [2.24, 2.45) is 0 Å². The second kappa shape index (κ2) is 3.29. The molecule has 0 amide bonds. The van der Waals surface area contributed by atoms with E-state index < -0.39 is 0 Å². The Balaban J connectivity index is 2.74. The van der Waals surface area contributed by atoms with Crippen LogP contribution in [0.25, 0.3) is 10.9 Å². The van der Waals surface area contributed by atoms with Crippen LogP contribution in [0.3, 0.4) is 0 Å². The zero-order chi connectivity index (χ0) is 10.1. The fourth-order valence-electron chi connectivity index (χ4n) is 1.73. The van der Waals surface area contributed by atoms with Crippen LogP contribution in [0, 0.1) is 6.92 Å². The lowest BCUT2D eigenvalue weighted by molar-refractivity contribution is 0.111. The summed E-state index contributed by atoms with van der Waals surface area (Å²) in [5.41, 5.74) is 4.08. The third kappa shape index (κ3) is 1.23. The zero-order valence-corrected chi connectivity index (χ0v) is 8.42. The Kier molecular flexibility index (Phi) is 2.12. The molecule has 14 heavy (non-hydrogen) atoms. The molecule has 2 nitrogen and oxygen atoms in total. The van der Waals surface area contributed by atoms with Gasteiger partial charge in [0.2, 0.25) is 0 Å². The van der Waals surface area contributed by atoms with Crippen LogP contribution in [0.1, 0.15) is 28.5 Å². The molecule has 2 heteroatoms. The van der Waals surface area contributed by atoms with Crippen LogP contribution in [-0.2, 0) is 6.42 Å². The molecule has 0 aliphatic carbocycles. The van der Waals surface area contributed by atoms with E-state index in [1.54, 1.807) is 0 Å². The maximum atomic E-state index is 10.7. The smallest absolute Gasteiger partial charge is 0.166 e. The van der Waals surface area contributed by atoms with Gasteiger partial charge in [-0.15, -0.1) is 0 Å². The fourth-order valence-corrected chi connectivity index (χ4v) is 1.73. The van der Waals surface area contributed by atoms with E-state index in [-0.39, 0.29) is 0 Å². The Morgan fingerprint density at radius 2 is 2.21 bits per heavy atom. The van der Waals surface area contributed by atoms with Gasteiger partial charge in [-0.05, 0) is 36.6 Å². The maximum absolute atomic E-state index is 10.7. The molecule has 2 rings (SSSR count). The van der Waals surface area contributed by atoms with Gasteiger partial charge >= 0.3 is 0 Å². The summed E-state index contributed by atoms with van der Waals surface area (Å²) in [7, 11) is 0. The summed E-state index contributed by atoms with van der Waals surface area (Å²) >= 11 is 0. The number of aryl methyl sites for hydroxylation is 2. The molecular weight excluding hydrogens is 174 g/mol. The number of hydrogen-bond donors (Lipinski definition) is 1. The van der Waals surface area contributed by atoms with Crippen LogP contribution in [0.5, 0.6) is 0 Å². The van der Waals surface area contributed by atoms with Crippen molar-refractivity contribution in [3.63, 3.8) is 0 Å². The van der Waals surface area contributed by atoms with Gasteiger partial charge < -0.3 is 4.98 Å². The molecule has 0 saturated heterocycles. The van der Waals surface area contributed by atoms with Crippen LogP contribution in [0.4, 0.5) is 0 Å². The van der Waals surface area contributed by atoms with Crippen molar-refractivity contribution in [1.82, 2.24) is 4.98 Å². The van der Waals surface area contributed by atoms with E-state index in [1.165, 1.54) is 5.56 Å². The largest absolute Gasteiger partial charge is 0.352 e. The molecule has 0 aliphatic heterocycles. The minimum absolute atomic E-state index is 0.688. The lowest BCUT2D eigenvalue weighted by atomic mass is 10.1. The zero-order valence-electron chi connectivity index (χ0n) is 8.42. The summed E-state index contributed by atoms with van der Waals surface area (Å²) in [6.07, 6.45) is 1.90. The number of aromatic nitrogens is 1. The predicted octanol–water partition coefficient (Wildman–Crippen LogP) is 2.85. The highest BCUT2D eigenvalue weighted by Crippen LogP contribution is 2.22. The third-order valence-electron chi connectivity index (χ3n) is 2.69. The van der Waals surface area contributed by atoms with Gasteiger partial charge in [0.15, 0.2) is 6.29 Å². The number of aldehydes is 1. The average molecular weight is 187 g/mol. The molecule has 0 saturated carbocycles. The van der Waals surface area contributed by atoms with E-state index >= 15 is 0 Å². The van der Waals surface area contributed by atoms with Gasteiger partial charge in [0, 0.05) is 10.9 Å². The molecule has 0 aliphatic rings. The summed E-state index contributed by atoms with van der Waals surface area (Å²) < 4.78 is 0. The van der Waals surface area contributed by atoms with E-state index in [2.05, 4.69) is 24.0 Å². The highest BCUT2D eigenvalue weighted by molar-refractivity contribution is 5.92. The number of H-pyrrole nitrogens is 1. The molecule has 1 aromatic heterocycles. The third-order valence-corrected chi connectivity index (χ3v) is 2.69. The molecule has 0 atom stereocenters. The Labute approximate surface area is 82.9 Å². The number of aromatic amines is 1. The Hall–Kier alpha value is -1.57. The number of carbonyl (C=O) groups excluding carboxylic acids is 1. The molecule has 1 N–H and O–H groups in total. The predicted molar refractivity (Wildman–Crippen MR) is 57.8 cm³/mol. The van der Waals surface area contributed by atoms with E-state index in [1.807, 2.05) is 13.0 Å². The summed E-state index contributed by atoms with van der Waals surface area (Å²) in [5, 5.41) is 1.16. The number of rotatable bonds is 2. The lowest BCUT2D eigenvalue weighted by Crippen LogP contribution is -1.80. The minimum atomic E-state index is 0.688. The first-order valence-electron chi connectivity index (χ1n) is 4.82. The molecule has 1 heterocycles. The maximum Gasteiger partial charge on any atom is 0.166 e. The molecule has 0 fully saturated rings. The lowest BCUT2D eigenvalue weighted by Gasteiger charge is -1.96. The van der Waals surface area contributed by atoms with E-state index in [9.17, 15) is 4.79 Å². The minimum Gasteiger partial charge on any atom is -0.352 e. The normalized spacial score (nSPS) is 10.7. The molecule has 0 unspecified atom stereocenters. The first-order chi connectivity index (χ1) is 6.76. The monoisotopic (exact) mass is 187 g/mol. The van der Waals surface area contributed by atoms with Gasteiger partial charge in [-0.1, -0.05) is 13.0 Å². The van der Waals surface area contributed by atoms with Crippen molar-refractivity contribution in [3.05, 3.63) is 35.0 Å². The Morgan fingerprint density at radius 3 is 2.86 bits per heavy atom. The quantitative estimate of drug-likeness (QED) is 0.720. The number of nitrogens with one attached hydrogen (secondary N) is 1. The number of hydrogen-bond acceptors (Lipinski definition) is 1. The van der Waals surface area contributed by atoms with Crippen LogP contribution < -0.4 is 0 Å². The van der Waals surface area contributed by atoms with Crippen molar-refractivity contribution in [2.75, 3.05) is 0 Å². The summed E-state index contributed by atoms with van der Waals surface area (Å²) in [6.45, 7) is 4.10. The van der Waals surface area contributed by atoms with Crippen LogP contribution in [-0.4, -0.2) is 11.3 Å². The number of carbonyl (C=O) groups is 1. The van der Waals surface area contributed by atoms with Gasteiger partial charge in [-0.3, -0.25) is 4.79 Å². The Bertz CT molecular complexity index is 482. The van der Waals surface area contributed by atoms with Gasteiger partial charge in [0.05, 0.1) is 5.69 Å². The number of fused-ring (bicyclic) bond motifs is 1. The molecule has 0 bridgehead atoms. The van der Waals surface area contributed by atoms with E-state index in [4.69, 9.17) is 0 Å². The summed E-state index contributed by atoms with van der Waals surface area (Å²) in [4.78, 5) is 13.8. The second-order valence-electron chi connectivity index (χ2n) is 3.52. The van der Waals surface area contributed by atoms with Crippen molar-refractivity contribution in [1.29, 1.82) is 0 Å². The van der Waals surface area contributed by atoms with Crippen molar-refractivity contribution in [2.45, 2.75) is 20.3 Å². The van der Waals surface area contributed by atoms with Crippen molar-refractivity contribution in [3.8, 4) is 0 Å². The second-order valence-corrected chi connectivity index (χ2v) is 3.52. The Morgan fingerprint density at radius 1 is 1.43 bits per heavy atom. The van der Waals surface area contributed by atoms with E-state index in [0.29, 0.717) is 5.69 Å². The van der Waals surface area contributed by atoms with Crippen molar-refractivity contribution >= 4 is 17.2 Å². The molecule has 0 radical (unpaired) electrons. The fraction of sp³-hybridized carbons (Fsp3) is 0.250. The number of benzene rings is 1. The summed E-state index contributed by atoms with van der Waals surface area (Å²) in [5.74, 6) is 0. The first kappa shape index (κ1) is 9.00. The van der Waals surface area contributed by atoms with E-state index in [0.717, 1.165) is 29.2 Å². The molecule has 72 valence electrons. The van der Waals surface area contributed by atoms with Crippen LogP contribution in [0.15, 0.2) is 18.2 Å². The SMILES string of the molecule is CCc1ccc2[nH]c(C=O)c(C)c2c1. The van der Waals surface area contributed by atoms with Crippen molar-refractivity contribution < 1.29 is 4.79 Å². The molecule has 1 aromatic carbocycles.